The Bertz CT molecular complexity index is 690. The van der Waals surface area contributed by atoms with E-state index >= 15 is 0 Å². The van der Waals surface area contributed by atoms with E-state index in [9.17, 15) is 13.2 Å². The van der Waals surface area contributed by atoms with Crippen LogP contribution in [0.3, 0.4) is 0 Å². The van der Waals surface area contributed by atoms with Gasteiger partial charge in [0.25, 0.3) is 0 Å². The number of hydrogen-bond acceptors (Lipinski definition) is 6. The lowest BCUT2D eigenvalue weighted by atomic mass is 9.85. The van der Waals surface area contributed by atoms with Gasteiger partial charge in [-0.15, -0.1) is 0 Å². The molecule has 2 atom stereocenters. The smallest absolute Gasteiger partial charge is 0.337 e. The van der Waals surface area contributed by atoms with Gasteiger partial charge < -0.3 is 15.2 Å². The molecule has 0 heterocycles. The van der Waals surface area contributed by atoms with Crippen molar-refractivity contribution in [2.75, 3.05) is 20.8 Å². The van der Waals surface area contributed by atoms with Gasteiger partial charge >= 0.3 is 5.97 Å². The zero-order chi connectivity index (χ0) is 17.7. The molecule has 2 unspecified atom stereocenters. The first-order valence-corrected chi connectivity index (χ1v) is 9.40. The van der Waals surface area contributed by atoms with Crippen LogP contribution in [0.4, 0.5) is 0 Å². The molecule has 0 aliphatic heterocycles. The van der Waals surface area contributed by atoms with Crippen LogP contribution in [0.5, 0.6) is 5.75 Å². The van der Waals surface area contributed by atoms with E-state index < -0.39 is 16.0 Å². The minimum atomic E-state index is -3.78. The average Bonchev–Trinajstić information content (AvgIpc) is 2.60. The molecule has 0 bridgehead atoms. The topological polar surface area (TPSA) is 108 Å². The minimum absolute atomic E-state index is 0.000928. The number of nitrogens with two attached hydrogens (primary N) is 1. The molecule has 8 heteroatoms. The molecule has 7 nitrogen and oxygen atoms in total. The number of nitrogens with one attached hydrogen (secondary N) is 1. The highest BCUT2D eigenvalue weighted by Gasteiger charge is 2.30. The second kappa shape index (κ2) is 7.96. The van der Waals surface area contributed by atoms with Gasteiger partial charge in [-0.25, -0.2) is 17.9 Å². The van der Waals surface area contributed by atoms with Crippen LogP contribution >= 0.6 is 0 Å². The molecular weight excluding hydrogens is 332 g/mol. The molecule has 3 N–H and O–H groups in total. The SMILES string of the molecule is COC(=O)c1ccc(S(=O)(=O)NC2CCCCC2CN)c(OC)c1. The van der Waals surface area contributed by atoms with Gasteiger partial charge in [-0.3, -0.25) is 0 Å². The van der Waals surface area contributed by atoms with Crippen molar-refractivity contribution >= 4 is 16.0 Å². The summed E-state index contributed by atoms with van der Waals surface area (Å²) in [6.45, 7) is 0.450. The van der Waals surface area contributed by atoms with E-state index in [1.807, 2.05) is 0 Å². The van der Waals surface area contributed by atoms with Crippen LogP contribution in [-0.2, 0) is 14.8 Å². The highest BCUT2D eigenvalue weighted by Crippen LogP contribution is 2.29. The van der Waals surface area contributed by atoms with Crippen molar-refractivity contribution in [3.63, 3.8) is 0 Å². The Morgan fingerprint density at radius 2 is 2.00 bits per heavy atom. The van der Waals surface area contributed by atoms with Crippen LogP contribution in [0.25, 0.3) is 0 Å². The van der Waals surface area contributed by atoms with Crippen molar-refractivity contribution in [3.05, 3.63) is 23.8 Å². The third-order valence-corrected chi connectivity index (χ3v) is 5.92. The highest BCUT2D eigenvalue weighted by molar-refractivity contribution is 7.89. The van der Waals surface area contributed by atoms with Crippen LogP contribution in [-0.4, -0.2) is 41.2 Å². The maximum atomic E-state index is 12.7. The number of esters is 1. The summed E-state index contributed by atoms with van der Waals surface area (Å²) in [6, 6.07) is 3.94. The number of methoxy groups -OCH3 is 2. The van der Waals surface area contributed by atoms with Crippen LogP contribution in [0, 0.1) is 5.92 Å². The summed E-state index contributed by atoms with van der Waals surface area (Å²) >= 11 is 0. The van der Waals surface area contributed by atoms with Crippen LogP contribution < -0.4 is 15.2 Å². The molecule has 0 radical (unpaired) electrons. The highest BCUT2D eigenvalue weighted by atomic mass is 32.2. The number of ether oxygens (including phenoxy) is 2. The molecule has 24 heavy (non-hydrogen) atoms. The molecule has 134 valence electrons. The minimum Gasteiger partial charge on any atom is -0.495 e. The number of sulfonamides is 1. The van der Waals surface area contributed by atoms with Crippen molar-refractivity contribution in [3.8, 4) is 5.75 Å². The zero-order valence-electron chi connectivity index (χ0n) is 13.9. The Morgan fingerprint density at radius 3 is 2.62 bits per heavy atom. The number of hydrogen-bond donors (Lipinski definition) is 2. The summed E-state index contributed by atoms with van der Waals surface area (Å²) in [5.74, 6) is -0.319. The monoisotopic (exact) mass is 356 g/mol. The van der Waals surface area contributed by atoms with Gasteiger partial charge in [0.2, 0.25) is 10.0 Å². The van der Waals surface area contributed by atoms with Gasteiger partial charge in [-0.2, -0.15) is 0 Å². The molecule has 1 aliphatic carbocycles. The standard InChI is InChI=1S/C16H24N2O5S/c1-22-14-9-11(16(19)23-2)7-8-15(14)24(20,21)18-13-6-4-3-5-12(13)10-17/h7-9,12-13,18H,3-6,10,17H2,1-2H3. The van der Waals surface area contributed by atoms with E-state index in [0.717, 1.165) is 25.7 Å². The first-order chi connectivity index (χ1) is 11.4. The predicted octanol–water partition coefficient (Wildman–Crippen LogP) is 1.28. The summed E-state index contributed by atoms with van der Waals surface area (Å²) < 4.78 is 38.0. The average molecular weight is 356 g/mol. The molecule has 0 saturated heterocycles. The van der Waals surface area contributed by atoms with E-state index in [4.69, 9.17) is 10.5 Å². The summed E-state index contributed by atoms with van der Waals surface area (Å²) in [5, 5.41) is 0. The van der Waals surface area contributed by atoms with Crippen LogP contribution in [0.2, 0.25) is 0 Å². The molecular formula is C16H24N2O5S. The van der Waals surface area contributed by atoms with Gasteiger partial charge in [0.1, 0.15) is 10.6 Å². The lowest BCUT2D eigenvalue weighted by Gasteiger charge is -2.31. The van der Waals surface area contributed by atoms with Gasteiger partial charge in [0.05, 0.1) is 19.8 Å². The van der Waals surface area contributed by atoms with Crippen LogP contribution in [0.15, 0.2) is 23.1 Å². The lowest BCUT2D eigenvalue weighted by Crippen LogP contribution is -2.44. The van der Waals surface area contributed by atoms with Gasteiger partial charge in [-0.1, -0.05) is 12.8 Å². The fourth-order valence-corrected chi connectivity index (χ4v) is 4.53. The number of rotatable bonds is 6. The molecule has 1 aliphatic rings. The van der Waals surface area contributed by atoms with Gasteiger partial charge in [0, 0.05) is 6.04 Å². The maximum Gasteiger partial charge on any atom is 0.337 e. The quantitative estimate of drug-likeness (QED) is 0.744. The first-order valence-electron chi connectivity index (χ1n) is 7.91. The summed E-state index contributed by atoms with van der Waals surface area (Å²) in [7, 11) is -1.16. The predicted molar refractivity (Wildman–Crippen MR) is 89.5 cm³/mol. The van der Waals surface area contributed by atoms with E-state index in [2.05, 4.69) is 9.46 Å². The Kier molecular flexibility index (Phi) is 6.20. The largest absolute Gasteiger partial charge is 0.495 e. The third kappa shape index (κ3) is 4.06. The van der Waals surface area contributed by atoms with E-state index in [1.54, 1.807) is 0 Å². The number of carbonyl (C=O) groups is 1. The molecule has 2 rings (SSSR count). The molecule has 0 amide bonds. The fourth-order valence-electron chi connectivity index (χ4n) is 3.04. The first kappa shape index (κ1) is 18.7. The molecule has 1 fully saturated rings. The maximum absolute atomic E-state index is 12.7. The van der Waals surface area contributed by atoms with E-state index in [-0.39, 0.29) is 28.2 Å². The number of benzene rings is 1. The van der Waals surface area contributed by atoms with Crippen molar-refractivity contribution in [2.24, 2.45) is 11.7 Å². The second-order valence-electron chi connectivity index (χ2n) is 5.87. The third-order valence-electron chi connectivity index (χ3n) is 4.39. The second-order valence-corrected chi connectivity index (χ2v) is 7.55. The molecule has 0 aromatic heterocycles. The normalized spacial score (nSPS) is 21.3. The van der Waals surface area contributed by atoms with Crippen molar-refractivity contribution < 1.29 is 22.7 Å². The molecule has 1 aromatic carbocycles. The summed E-state index contributed by atoms with van der Waals surface area (Å²) in [5.41, 5.74) is 5.99. The van der Waals surface area contributed by atoms with Crippen molar-refractivity contribution in [1.82, 2.24) is 4.72 Å². The Labute approximate surface area is 142 Å². The Morgan fingerprint density at radius 1 is 1.29 bits per heavy atom. The van der Waals surface area contributed by atoms with E-state index in [1.165, 1.54) is 32.4 Å². The number of carbonyl (C=O) groups excluding carboxylic acids is 1. The van der Waals surface area contributed by atoms with E-state index in [0.29, 0.717) is 6.54 Å². The van der Waals surface area contributed by atoms with Gasteiger partial charge in [-0.05, 0) is 43.5 Å². The Hall–Kier alpha value is -1.64. The van der Waals surface area contributed by atoms with Crippen LogP contribution in [0.1, 0.15) is 36.0 Å². The summed E-state index contributed by atoms with van der Waals surface area (Å²) in [6.07, 6.45) is 3.73. The summed E-state index contributed by atoms with van der Waals surface area (Å²) in [4.78, 5) is 11.6. The lowest BCUT2D eigenvalue weighted by molar-refractivity contribution is 0.0600. The van der Waals surface area contributed by atoms with Crippen molar-refractivity contribution in [2.45, 2.75) is 36.6 Å². The van der Waals surface area contributed by atoms with Gasteiger partial charge in [0.15, 0.2) is 0 Å². The molecule has 1 saturated carbocycles. The Balaban J connectivity index is 2.29. The zero-order valence-corrected chi connectivity index (χ0v) is 14.8. The van der Waals surface area contributed by atoms with Crippen molar-refractivity contribution in [1.29, 1.82) is 0 Å². The fraction of sp³-hybridized carbons (Fsp3) is 0.562. The molecule has 1 aromatic rings. The molecule has 0 spiro atoms.